The number of likely N-dealkylation sites (tertiary alicyclic amines) is 1. The molecule has 146 valence electrons. The van der Waals surface area contributed by atoms with Crippen LogP contribution in [0.3, 0.4) is 0 Å². The first-order valence-corrected chi connectivity index (χ1v) is 9.43. The zero-order valence-corrected chi connectivity index (χ0v) is 17.0. The Hall–Kier alpha value is -1.75. The number of hydrogen-bond donors (Lipinski definition) is 1. The number of benzene rings is 2. The van der Waals surface area contributed by atoms with E-state index in [1.165, 1.54) is 0 Å². The number of ether oxygens (including phenoxy) is 1. The third-order valence-electron chi connectivity index (χ3n) is 4.86. The lowest BCUT2D eigenvalue weighted by Crippen LogP contribution is -2.45. The number of amides is 1. The van der Waals surface area contributed by atoms with Crippen LogP contribution < -0.4 is 10.5 Å². The Labute approximate surface area is 172 Å². The van der Waals surface area contributed by atoms with E-state index in [4.69, 9.17) is 22.1 Å². The van der Waals surface area contributed by atoms with Gasteiger partial charge < -0.3 is 15.4 Å². The highest BCUT2D eigenvalue weighted by Crippen LogP contribution is 2.22. The molecule has 3 rings (SSSR count). The largest absolute Gasteiger partial charge is 0.489 e. The summed E-state index contributed by atoms with van der Waals surface area (Å²) in [6, 6.07) is 15.0. The molecule has 2 aromatic rings. The molecule has 0 radical (unpaired) electrons. The Morgan fingerprint density at radius 1 is 1.30 bits per heavy atom. The Bertz CT molecular complexity index is 767. The van der Waals surface area contributed by atoms with Crippen molar-refractivity contribution < 1.29 is 9.53 Å². The maximum atomic E-state index is 12.9. The maximum absolute atomic E-state index is 12.9. The Balaban J connectivity index is 0.00000261. The topological polar surface area (TPSA) is 55.6 Å². The van der Waals surface area contributed by atoms with E-state index in [0.29, 0.717) is 28.9 Å². The van der Waals surface area contributed by atoms with E-state index < -0.39 is 0 Å². The Kier molecular flexibility index (Phi) is 7.96. The second-order valence-corrected chi connectivity index (χ2v) is 7.40. The van der Waals surface area contributed by atoms with E-state index in [1.807, 2.05) is 60.4 Å². The van der Waals surface area contributed by atoms with Gasteiger partial charge in [-0.3, -0.25) is 4.79 Å². The summed E-state index contributed by atoms with van der Waals surface area (Å²) in [5.41, 5.74) is 7.67. The molecule has 0 spiro atoms. The summed E-state index contributed by atoms with van der Waals surface area (Å²) in [6.45, 7) is 3.94. The fourth-order valence-electron chi connectivity index (χ4n) is 3.32. The molecule has 4 nitrogen and oxygen atoms in total. The summed E-state index contributed by atoms with van der Waals surface area (Å²) in [6.07, 6.45) is 2.09. The van der Waals surface area contributed by atoms with Crippen molar-refractivity contribution in [1.29, 1.82) is 0 Å². The summed E-state index contributed by atoms with van der Waals surface area (Å²) < 4.78 is 5.84. The SMILES string of the molecule is CC(N)C1CCCN(C(=O)c2cccc(OCc3cccc(Cl)c3)c2)C1.Cl. The van der Waals surface area contributed by atoms with E-state index in [9.17, 15) is 4.79 Å². The second-order valence-electron chi connectivity index (χ2n) is 6.96. The van der Waals surface area contributed by atoms with Crippen LogP contribution in [0.1, 0.15) is 35.7 Å². The number of nitrogens with two attached hydrogens (primary N) is 1. The molecule has 2 aromatic carbocycles. The first-order valence-electron chi connectivity index (χ1n) is 9.05. The number of halogens is 2. The van der Waals surface area contributed by atoms with Crippen LogP contribution in [0.4, 0.5) is 0 Å². The van der Waals surface area contributed by atoms with E-state index in [0.717, 1.165) is 31.5 Å². The highest BCUT2D eigenvalue weighted by Gasteiger charge is 2.26. The molecule has 27 heavy (non-hydrogen) atoms. The molecule has 2 N–H and O–H groups in total. The minimum absolute atomic E-state index is 0. The van der Waals surface area contributed by atoms with Gasteiger partial charge in [-0.1, -0.05) is 29.8 Å². The molecule has 6 heteroatoms. The van der Waals surface area contributed by atoms with Crippen molar-refractivity contribution in [2.75, 3.05) is 13.1 Å². The molecule has 1 fully saturated rings. The summed E-state index contributed by atoms with van der Waals surface area (Å²) in [7, 11) is 0. The predicted molar refractivity (Wildman–Crippen MR) is 112 cm³/mol. The van der Waals surface area contributed by atoms with Crippen LogP contribution in [0.5, 0.6) is 5.75 Å². The van der Waals surface area contributed by atoms with Gasteiger partial charge in [0.15, 0.2) is 0 Å². The van der Waals surface area contributed by atoms with Crippen molar-refractivity contribution in [2.24, 2.45) is 11.7 Å². The molecule has 0 aliphatic carbocycles. The zero-order chi connectivity index (χ0) is 18.5. The molecule has 1 heterocycles. The molecule has 0 saturated carbocycles. The van der Waals surface area contributed by atoms with Crippen LogP contribution in [0.15, 0.2) is 48.5 Å². The molecule has 2 atom stereocenters. The summed E-state index contributed by atoms with van der Waals surface area (Å²) in [4.78, 5) is 14.8. The van der Waals surface area contributed by atoms with E-state index >= 15 is 0 Å². The van der Waals surface area contributed by atoms with E-state index in [2.05, 4.69) is 0 Å². The van der Waals surface area contributed by atoms with Crippen molar-refractivity contribution in [3.05, 3.63) is 64.7 Å². The molecular formula is C21H26Cl2N2O2. The highest BCUT2D eigenvalue weighted by atomic mass is 35.5. The molecule has 0 aromatic heterocycles. The molecule has 1 amide bonds. The van der Waals surface area contributed by atoms with Gasteiger partial charge >= 0.3 is 0 Å². The standard InChI is InChI=1S/C21H25ClN2O2.ClH/c1-15(23)18-7-4-10-24(13-18)21(25)17-6-3-9-20(12-17)26-14-16-5-2-8-19(22)11-16;/h2-3,5-6,8-9,11-12,15,18H,4,7,10,13-14,23H2,1H3;1H. The Morgan fingerprint density at radius 3 is 2.81 bits per heavy atom. The summed E-state index contributed by atoms with van der Waals surface area (Å²) in [5, 5.41) is 0.684. The minimum atomic E-state index is 0. The summed E-state index contributed by atoms with van der Waals surface area (Å²) in [5.74, 6) is 1.09. The molecule has 2 unspecified atom stereocenters. The summed E-state index contributed by atoms with van der Waals surface area (Å²) >= 11 is 6.00. The number of nitrogens with zero attached hydrogens (tertiary/aromatic N) is 1. The molecule has 1 aliphatic heterocycles. The molecule has 1 saturated heterocycles. The lowest BCUT2D eigenvalue weighted by molar-refractivity contribution is 0.0660. The smallest absolute Gasteiger partial charge is 0.253 e. The van der Waals surface area contributed by atoms with Crippen molar-refractivity contribution in [1.82, 2.24) is 4.90 Å². The van der Waals surface area contributed by atoms with Gasteiger partial charge in [-0.25, -0.2) is 0 Å². The minimum Gasteiger partial charge on any atom is -0.489 e. The van der Waals surface area contributed by atoms with Gasteiger partial charge in [0.05, 0.1) is 0 Å². The van der Waals surface area contributed by atoms with Gasteiger partial charge in [-0.05, 0) is 61.6 Å². The van der Waals surface area contributed by atoms with Crippen molar-refractivity contribution in [2.45, 2.75) is 32.4 Å². The predicted octanol–water partition coefficient (Wildman–Crippen LogP) is 4.54. The fourth-order valence-corrected chi connectivity index (χ4v) is 3.53. The third kappa shape index (κ3) is 5.86. The maximum Gasteiger partial charge on any atom is 0.253 e. The van der Waals surface area contributed by atoms with Gasteiger partial charge in [0.25, 0.3) is 5.91 Å². The molecule has 0 bridgehead atoms. The number of rotatable bonds is 5. The van der Waals surface area contributed by atoms with Crippen LogP contribution in [0, 0.1) is 5.92 Å². The average Bonchev–Trinajstić information content (AvgIpc) is 2.66. The van der Waals surface area contributed by atoms with Crippen LogP contribution in [0.2, 0.25) is 5.02 Å². The van der Waals surface area contributed by atoms with Gasteiger partial charge in [0.1, 0.15) is 12.4 Å². The normalized spacial score (nSPS) is 17.7. The van der Waals surface area contributed by atoms with Gasteiger partial charge in [0.2, 0.25) is 0 Å². The second kappa shape index (κ2) is 9.98. The van der Waals surface area contributed by atoms with Gasteiger partial charge in [0, 0.05) is 29.7 Å². The first-order chi connectivity index (χ1) is 12.5. The van der Waals surface area contributed by atoms with Crippen molar-refractivity contribution >= 4 is 29.9 Å². The number of carbonyl (C=O) groups excluding carboxylic acids is 1. The highest BCUT2D eigenvalue weighted by molar-refractivity contribution is 6.30. The van der Waals surface area contributed by atoms with Crippen molar-refractivity contribution in [3.63, 3.8) is 0 Å². The Morgan fingerprint density at radius 2 is 2.07 bits per heavy atom. The number of hydrogen-bond acceptors (Lipinski definition) is 3. The molecular weight excluding hydrogens is 383 g/mol. The average molecular weight is 409 g/mol. The van der Waals surface area contributed by atoms with E-state index in [-0.39, 0.29) is 24.4 Å². The van der Waals surface area contributed by atoms with Gasteiger partial charge in [-0.2, -0.15) is 0 Å². The fraction of sp³-hybridized carbons (Fsp3) is 0.381. The van der Waals surface area contributed by atoms with Crippen molar-refractivity contribution in [3.8, 4) is 5.75 Å². The first kappa shape index (κ1) is 21.5. The van der Waals surface area contributed by atoms with Gasteiger partial charge in [-0.15, -0.1) is 12.4 Å². The monoisotopic (exact) mass is 408 g/mol. The van der Waals surface area contributed by atoms with Crippen LogP contribution >= 0.6 is 24.0 Å². The number of piperidine rings is 1. The quantitative estimate of drug-likeness (QED) is 0.789. The molecule has 1 aliphatic rings. The lowest BCUT2D eigenvalue weighted by atomic mass is 9.92. The lowest BCUT2D eigenvalue weighted by Gasteiger charge is -2.34. The zero-order valence-electron chi connectivity index (χ0n) is 15.4. The van der Waals surface area contributed by atoms with E-state index in [1.54, 1.807) is 0 Å². The van der Waals surface area contributed by atoms with Crippen LogP contribution in [0.25, 0.3) is 0 Å². The third-order valence-corrected chi connectivity index (χ3v) is 5.10. The van der Waals surface area contributed by atoms with Crippen LogP contribution in [-0.4, -0.2) is 29.9 Å². The van der Waals surface area contributed by atoms with Crippen LogP contribution in [-0.2, 0) is 6.61 Å². The number of carbonyl (C=O) groups is 1.